The quantitative estimate of drug-likeness (QED) is 0.447. The number of rotatable bonds is 6. The molecule has 0 amide bonds. The first-order chi connectivity index (χ1) is 12.6. The highest BCUT2D eigenvalue weighted by Gasteiger charge is 2.70. The Labute approximate surface area is 161 Å². The average Bonchev–Trinajstić information content (AvgIpc) is 2.91. The van der Waals surface area contributed by atoms with Crippen molar-refractivity contribution in [1.29, 1.82) is 0 Å². The van der Waals surface area contributed by atoms with E-state index in [9.17, 15) is 25.5 Å². The fourth-order valence-corrected chi connectivity index (χ4v) is 5.87. The van der Waals surface area contributed by atoms with Gasteiger partial charge in [-0.15, -0.1) is 0 Å². The molecule has 5 N–H and O–H groups in total. The summed E-state index contributed by atoms with van der Waals surface area (Å²) in [7, 11) is 0. The van der Waals surface area contributed by atoms with Gasteiger partial charge >= 0.3 is 0 Å². The van der Waals surface area contributed by atoms with Crippen LogP contribution in [0.5, 0.6) is 0 Å². The number of unbranched alkanes of at least 4 members (excludes halogenated alkanes) is 1. The molecule has 3 aliphatic rings. The van der Waals surface area contributed by atoms with E-state index in [2.05, 4.69) is 20.8 Å². The van der Waals surface area contributed by atoms with E-state index in [4.69, 9.17) is 9.47 Å². The zero-order valence-corrected chi connectivity index (χ0v) is 16.8. The number of ether oxygens (including phenoxy) is 2. The lowest BCUT2D eigenvalue weighted by atomic mass is 9.68. The smallest absolute Gasteiger partial charge is 0.186 e. The molecule has 2 aliphatic carbocycles. The summed E-state index contributed by atoms with van der Waals surface area (Å²) in [6.45, 7) is 8.05. The number of aliphatic hydroxyl groups is 5. The lowest BCUT2D eigenvalue weighted by Crippen LogP contribution is -2.61. The molecule has 10 atom stereocenters. The third-order valence-corrected chi connectivity index (χ3v) is 8.03. The summed E-state index contributed by atoms with van der Waals surface area (Å²) in [6, 6.07) is 0. The topological polar surface area (TPSA) is 120 Å². The highest BCUT2D eigenvalue weighted by Crippen LogP contribution is 2.69. The number of hydrogen-bond donors (Lipinski definition) is 5. The lowest BCUT2D eigenvalue weighted by molar-refractivity contribution is -0.323. The Kier molecular flexibility index (Phi) is 5.97. The molecule has 158 valence electrons. The predicted octanol–water partition coefficient (Wildman–Crippen LogP) is 0.405. The van der Waals surface area contributed by atoms with E-state index in [1.807, 2.05) is 6.92 Å². The van der Waals surface area contributed by atoms with Crippen molar-refractivity contribution >= 4 is 0 Å². The maximum Gasteiger partial charge on any atom is 0.186 e. The predicted molar refractivity (Wildman–Crippen MR) is 97.7 cm³/mol. The molecule has 1 aliphatic heterocycles. The van der Waals surface area contributed by atoms with Gasteiger partial charge in [-0.05, 0) is 30.1 Å². The maximum atomic E-state index is 11.1. The summed E-state index contributed by atoms with van der Waals surface area (Å²) in [4.78, 5) is 0. The molecule has 0 radical (unpaired) electrons. The molecule has 3 fully saturated rings. The Hall–Kier alpha value is -0.280. The summed E-state index contributed by atoms with van der Waals surface area (Å²) in [5.41, 5.74) is -0.640. The molecule has 1 heterocycles. The largest absolute Gasteiger partial charge is 0.394 e. The van der Waals surface area contributed by atoms with Crippen LogP contribution in [0, 0.1) is 22.7 Å². The minimum Gasteiger partial charge on any atom is -0.394 e. The van der Waals surface area contributed by atoms with Crippen LogP contribution in [0.3, 0.4) is 0 Å². The van der Waals surface area contributed by atoms with Gasteiger partial charge in [-0.1, -0.05) is 40.5 Å². The zero-order valence-electron chi connectivity index (χ0n) is 16.8. The van der Waals surface area contributed by atoms with Crippen molar-refractivity contribution in [3.05, 3.63) is 0 Å². The van der Waals surface area contributed by atoms with Crippen LogP contribution in [0.25, 0.3) is 0 Å². The normalized spacial score (nSPS) is 51.7. The van der Waals surface area contributed by atoms with Gasteiger partial charge in [-0.2, -0.15) is 0 Å². The monoisotopic (exact) mass is 388 g/mol. The minimum atomic E-state index is -1.46. The minimum absolute atomic E-state index is 0.135. The van der Waals surface area contributed by atoms with Crippen molar-refractivity contribution in [2.75, 3.05) is 6.61 Å². The molecule has 0 aromatic heterocycles. The molecule has 27 heavy (non-hydrogen) atoms. The summed E-state index contributed by atoms with van der Waals surface area (Å²) in [5.74, 6) is 0.540. The highest BCUT2D eigenvalue weighted by molar-refractivity contribution is 5.18. The lowest BCUT2D eigenvalue weighted by Gasteiger charge is -2.46. The van der Waals surface area contributed by atoms with E-state index >= 15 is 0 Å². The first-order valence-corrected chi connectivity index (χ1v) is 10.2. The van der Waals surface area contributed by atoms with Crippen LogP contribution in [-0.2, 0) is 9.47 Å². The molecule has 1 saturated heterocycles. The molecule has 7 heteroatoms. The molecular weight excluding hydrogens is 352 g/mol. The van der Waals surface area contributed by atoms with Gasteiger partial charge in [0.05, 0.1) is 18.8 Å². The van der Waals surface area contributed by atoms with Crippen LogP contribution in [-0.4, -0.2) is 75.1 Å². The molecule has 0 aromatic rings. The Morgan fingerprint density at radius 2 is 1.70 bits per heavy atom. The van der Waals surface area contributed by atoms with Crippen LogP contribution in [0.15, 0.2) is 0 Å². The third kappa shape index (κ3) is 3.06. The van der Waals surface area contributed by atoms with Crippen molar-refractivity contribution in [1.82, 2.24) is 0 Å². The second kappa shape index (κ2) is 7.52. The van der Waals surface area contributed by atoms with Crippen molar-refractivity contribution < 1.29 is 35.0 Å². The molecule has 0 spiro atoms. The molecule has 2 bridgehead atoms. The Morgan fingerprint density at radius 3 is 2.26 bits per heavy atom. The van der Waals surface area contributed by atoms with E-state index < -0.39 is 48.8 Å². The second-order valence-corrected chi connectivity index (χ2v) is 9.42. The van der Waals surface area contributed by atoms with E-state index in [0.717, 1.165) is 25.7 Å². The average molecular weight is 389 g/mol. The van der Waals surface area contributed by atoms with Gasteiger partial charge in [0.2, 0.25) is 0 Å². The van der Waals surface area contributed by atoms with Gasteiger partial charge < -0.3 is 35.0 Å². The molecule has 2 saturated carbocycles. The Balaban J connectivity index is 1.77. The zero-order chi connectivity index (χ0) is 20.1. The molecule has 0 aromatic carbocycles. The van der Waals surface area contributed by atoms with E-state index in [1.54, 1.807) is 0 Å². The van der Waals surface area contributed by atoms with Crippen molar-refractivity contribution in [2.45, 2.75) is 96.3 Å². The van der Waals surface area contributed by atoms with Gasteiger partial charge in [0.1, 0.15) is 24.4 Å². The van der Waals surface area contributed by atoms with Crippen molar-refractivity contribution in [2.24, 2.45) is 22.7 Å². The van der Waals surface area contributed by atoms with Crippen LogP contribution >= 0.6 is 0 Å². The summed E-state index contributed by atoms with van der Waals surface area (Å²) in [5, 5.41) is 50.8. The van der Waals surface area contributed by atoms with Gasteiger partial charge in [-0.3, -0.25) is 0 Å². The molecular formula is C20H36O7. The molecule has 0 unspecified atom stereocenters. The van der Waals surface area contributed by atoms with Gasteiger partial charge in [0.25, 0.3) is 0 Å². The number of hydrogen-bond acceptors (Lipinski definition) is 7. The first-order valence-electron chi connectivity index (χ1n) is 10.2. The van der Waals surface area contributed by atoms with Crippen LogP contribution in [0.4, 0.5) is 0 Å². The van der Waals surface area contributed by atoms with Crippen LogP contribution < -0.4 is 0 Å². The van der Waals surface area contributed by atoms with E-state index in [-0.39, 0.29) is 17.4 Å². The Morgan fingerprint density at radius 1 is 1.04 bits per heavy atom. The van der Waals surface area contributed by atoms with Crippen LogP contribution in [0.1, 0.15) is 53.4 Å². The SMILES string of the molecule is CCCC[C@@H]1[C@H]2C[C@@H](O[C@@H]3O[C@H](CO)[C@@H](O)[C@H](O)[C@H]3O)[C@@](C)([C@@H]1O)C2(C)C. The highest BCUT2D eigenvalue weighted by atomic mass is 16.7. The summed E-state index contributed by atoms with van der Waals surface area (Å²) in [6.07, 6.45) is -3.34. The molecule has 3 rings (SSSR count). The molecule has 7 nitrogen and oxygen atoms in total. The number of fused-ring (bicyclic) bond motifs is 2. The fraction of sp³-hybridized carbons (Fsp3) is 1.00. The maximum absolute atomic E-state index is 11.1. The summed E-state index contributed by atoms with van der Waals surface area (Å²) >= 11 is 0. The fourth-order valence-electron chi connectivity index (χ4n) is 5.87. The summed E-state index contributed by atoms with van der Waals surface area (Å²) < 4.78 is 11.6. The number of aliphatic hydroxyl groups excluding tert-OH is 5. The van der Waals surface area contributed by atoms with E-state index in [0.29, 0.717) is 5.92 Å². The first kappa shape index (κ1) is 21.4. The van der Waals surface area contributed by atoms with Gasteiger partial charge in [-0.25, -0.2) is 0 Å². The third-order valence-electron chi connectivity index (χ3n) is 8.03. The van der Waals surface area contributed by atoms with Gasteiger partial charge in [0.15, 0.2) is 6.29 Å². The van der Waals surface area contributed by atoms with Crippen LogP contribution in [0.2, 0.25) is 0 Å². The second-order valence-electron chi connectivity index (χ2n) is 9.42. The van der Waals surface area contributed by atoms with E-state index in [1.165, 1.54) is 0 Å². The van der Waals surface area contributed by atoms with Crippen molar-refractivity contribution in [3.8, 4) is 0 Å². The van der Waals surface area contributed by atoms with Gasteiger partial charge in [0, 0.05) is 5.41 Å². The Bertz CT molecular complexity index is 524. The van der Waals surface area contributed by atoms with Crippen molar-refractivity contribution in [3.63, 3.8) is 0 Å². The standard InChI is InChI=1S/C20H36O7/c1-5-6-7-10-11-8-13(20(4,17(10)25)19(11,2)3)27-18-16(24)15(23)14(22)12(9-21)26-18/h10-18,21-25H,5-9H2,1-4H3/t10-,11-,12-,13-,14-,15+,16-,17-,18+,20+/m1/s1.